The van der Waals surface area contributed by atoms with E-state index in [0.717, 1.165) is 18.0 Å². The molecule has 0 fully saturated rings. The van der Waals surface area contributed by atoms with E-state index in [1.807, 2.05) is 12.1 Å². The zero-order valence-corrected chi connectivity index (χ0v) is 11.8. The summed E-state index contributed by atoms with van der Waals surface area (Å²) in [7, 11) is 0. The molecule has 0 saturated heterocycles. The maximum atomic E-state index is 9.10. The average Bonchev–Trinajstić information content (AvgIpc) is 2.89. The van der Waals surface area contributed by atoms with Crippen LogP contribution in [0.5, 0.6) is 0 Å². The van der Waals surface area contributed by atoms with E-state index in [2.05, 4.69) is 37.4 Å². The van der Waals surface area contributed by atoms with Gasteiger partial charge in [-0.1, -0.05) is 6.07 Å². The second-order valence-corrected chi connectivity index (χ2v) is 4.42. The number of rotatable bonds is 3. The monoisotopic (exact) mass is 291 g/mol. The number of hydrogen-bond donors (Lipinski definition) is 3. The molecule has 0 unspecified atom stereocenters. The minimum atomic E-state index is -1.82. The first-order valence-electron chi connectivity index (χ1n) is 6.19. The zero-order chi connectivity index (χ0) is 15.8. The maximum Gasteiger partial charge on any atom is 0.414 e. The number of aryl methyl sites for hydroxylation is 2. The van der Waals surface area contributed by atoms with Gasteiger partial charge in [0.1, 0.15) is 5.76 Å². The molecule has 1 aromatic carbocycles. The molecule has 6 nitrogen and oxygen atoms in total. The van der Waals surface area contributed by atoms with Gasteiger partial charge >= 0.3 is 11.9 Å². The molecule has 0 radical (unpaired) electrons. The minimum Gasteiger partial charge on any atom is -0.473 e. The van der Waals surface area contributed by atoms with Crippen LogP contribution in [0.1, 0.15) is 16.9 Å². The highest BCUT2D eigenvalue weighted by atomic mass is 16.4. The second kappa shape index (κ2) is 7.74. The molecule has 0 aliphatic carbocycles. The van der Waals surface area contributed by atoms with Crippen molar-refractivity contribution in [3.63, 3.8) is 0 Å². The van der Waals surface area contributed by atoms with E-state index in [-0.39, 0.29) is 0 Å². The molecule has 0 bridgehead atoms. The lowest BCUT2D eigenvalue weighted by Gasteiger charge is -2.06. The SMILES string of the molecule is Cc1cc(C)cc(NCc2ccco2)c1.O=C(O)C(=O)O. The molecular weight excluding hydrogens is 274 g/mol. The molecule has 112 valence electrons. The molecule has 2 aromatic rings. The Balaban J connectivity index is 0.000000315. The molecule has 1 heterocycles. The fraction of sp³-hybridized carbons (Fsp3) is 0.200. The Morgan fingerprint density at radius 1 is 1.10 bits per heavy atom. The number of hydrogen-bond acceptors (Lipinski definition) is 4. The highest BCUT2D eigenvalue weighted by Crippen LogP contribution is 2.14. The molecule has 3 N–H and O–H groups in total. The van der Waals surface area contributed by atoms with Gasteiger partial charge in [0.05, 0.1) is 12.8 Å². The number of carboxylic acid groups (broad SMARTS) is 2. The van der Waals surface area contributed by atoms with Crippen LogP contribution in [0.25, 0.3) is 0 Å². The lowest BCUT2D eigenvalue weighted by molar-refractivity contribution is -0.159. The third kappa shape index (κ3) is 6.29. The number of carboxylic acids is 2. The third-order valence-electron chi connectivity index (χ3n) is 2.45. The van der Waals surface area contributed by atoms with E-state index in [9.17, 15) is 0 Å². The third-order valence-corrected chi connectivity index (χ3v) is 2.45. The largest absolute Gasteiger partial charge is 0.473 e. The van der Waals surface area contributed by atoms with Gasteiger partial charge in [0.15, 0.2) is 0 Å². The predicted molar refractivity (Wildman–Crippen MR) is 77.2 cm³/mol. The molecule has 0 aliphatic heterocycles. The summed E-state index contributed by atoms with van der Waals surface area (Å²) in [5.41, 5.74) is 3.69. The van der Waals surface area contributed by atoms with Crippen LogP contribution < -0.4 is 5.32 Å². The van der Waals surface area contributed by atoms with Crippen LogP contribution in [-0.4, -0.2) is 22.2 Å². The first-order valence-corrected chi connectivity index (χ1v) is 6.19. The van der Waals surface area contributed by atoms with Crippen molar-refractivity contribution in [2.75, 3.05) is 5.32 Å². The second-order valence-electron chi connectivity index (χ2n) is 4.42. The van der Waals surface area contributed by atoms with Crippen LogP contribution in [0.3, 0.4) is 0 Å². The molecule has 0 aliphatic rings. The van der Waals surface area contributed by atoms with Crippen LogP contribution in [0, 0.1) is 13.8 Å². The quantitative estimate of drug-likeness (QED) is 0.752. The van der Waals surface area contributed by atoms with Gasteiger partial charge in [-0.2, -0.15) is 0 Å². The summed E-state index contributed by atoms with van der Waals surface area (Å²) >= 11 is 0. The first kappa shape index (κ1) is 16.3. The van der Waals surface area contributed by atoms with Crippen LogP contribution >= 0.6 is 0 Å². The van der Waals surface area contributed by atoms with Crippen molar-refractivity contribution in [1.29, 1.82) is 0 Å². The van der Waals surface area contributed by atoms with Gasteiger partial charge in [0, 0.05) is 5.69 Å². The lowest BCUT2D eigenvalue weighted by Crippen LogP contribution is -2.09. The molecule has 0 amide bonds. The first-order chi connectivity index (χ1) is 9.88. The fourth-order valence-corrected chi connectivity index (χ4v) is 1.68. The summed E-state index contributed by atoms with van der Waals surface area (Å²) < 4.78 is 5.25. The van der Waals surface area contributed by atoms with Crippen LogP contribution in [0.4, 0.5) is 5.69 Å². The van der Waals surface area contributed by atoms with E-state index in [4.69, 9.17) is 24.2 Å². The lowest BCUT2D eigenvalue weighted by atomic mass is 10.1. The number of anilines is 1. The highest BCUT2D eigenvalue weighted by Gasteiger charge is 2.04. The topological polar surface area (TPSA) is 99.8 Å². The molecule has 2 rings (SSSR count). The van der Waals surface area contributed by atoms with Gasteiger partial charge < -0.3 is 19.9 Å². The Morgan fingerprint density at radius 2 is 1.67 bits per heavy atom. The molecule has 0 saturated carbocycles. The van der Waals surface area contributed by atoms with Crippen molar-refractivity contribution in [1.82, 2.24) is 0 Å². The van der Waals surface area contributed by atoms with Gasteiger partial charge in [-0.15, -0.1) is 0 Å². The van der Waals surface area contributed by atoms with Crippen molar-refractivity contribution in [2.24, 2.45) is 0 Å². The van der Waals surface area contributed by atoms with E-state index in [1.165, 1.54) is 11.1 Å². The van der Waals surface area contributed by atoms with Crippen molar-refractivity contribution < 1.29 is 24.2 Å². The zero-order valence-electron chi connectivity index (χ0n) is 11.8. The van der Waals surface area contributed by atoms with E-state index in [0.29, 0.717) is 0 Å². The van der Waals surface area contributed by atoms with Crippen molar-refractivity contribution >= 4 is 17.6 Å². The molecule has 21 heavy (non-hydrogen) atoms. The Hall–Kier alpha value is -2.76. The van der Waals surface area contributed by atoms with Crippen molar-refractivity contribution in [3.05, 3.63) is 53.5 Å². The summed E-state index contributed by atoms with van der Waals surface area (Å²) in [5.74, 6) is -2.70. The Kier molecular flexibility index (Phi) is 6.00. The van der Waals surface area contributed by atoms with Crippen molar-refractivity contribution in [2.45, 2.75) is 20.4 Å². The molecule has 1 aromatic heterocycles. The van der Waals surface area contributed by atoms with Gasteiger partial charge in [0.25, 0.3) is 0 Å². The van der Waals surface area contributed by atoms with Gasteiger partial charge in [-0.3, -0.25) is 0 Å². The molecule has 6 heteroatoms. The van der Waals surface area contributed by atoms with Gasteiger partial charge in [-0.25, -0.2) is 9.59 Å². The number of furan rings is 1. The summed E-state index contributed by atoms with van der Waals surface area (Å²) in [4.78, 5) is 18.2. The average molecular weight is 291 g/mol. The molecule has 0 spiro atoms. The predicted octanol–water partition coefficient (Wildman–Crippen LogP) is 2.66. The van der Waals surface area contributed by atoms with Gasteiger partial charge in [0.2, 0.25) is 0 Å². The molecule has 0 atom stereocenters. The Morgan fingerprint density at radius 3 is 2.10 bits per heavy atom. The highest BCUT2D eigenvalue weighted by molar-refractivity contribution is 6.27. The number of carbonyl (C=O) groups is 2. The Labute approximate surface area is 122 Å². The van der Waals surface area contributed by atoms with Crippen LogP contribution in [0.15, 0.2) is 41.0 Å². The Bertz CT molecular complexity index is 572. The van der Waals surface area contributed by atoms with Crippen LogP contribution in [-0.2, 0) is 16.1 Å². The standard InChI is InChI=1S/C13H15NO.C2H2O4/c1-10-6-11(2)8-12(7-10)14-9-13-4-3-5-15-13;3-1(4)2(5)6/h3-8,14H,9H2,1-2H3;(H,3,4)(H,5,6). The van der Waals surface area contributed by atoms with Gasteiger partial charge in [-0.05, 0) is 49.2 Å². The summed E-state index contributed by atoms with van der Waals surface area (Å²) in [5, 5.41) is 18.1. The van der Waals surface area contributed by atoms with Crippen LogP contribution in [0.2, 0.25) is 0 Å². The van der Waals surface area contributed by atoms with Crippen molar-refractivity contribution in [3.8, 4) is 0 Å². The molecular formula is C15H17NO5. The van der Waals surface area contributed by atoms with E-state index >= 15 is 0 Å². The number of benzene rings is 1. The minimum absolute atomic E-state index is 0.732. The summed E-state index contributed by atoms with van der Waals surface area (Å²) in [6.07, 6.45) is 1.69. The fourth-order valence-electron chi connectivity index (χ4n) is 1.68. The van der Waals surface area contributed by atoms with E-state index < -0.39 is 11.9 Å². The smallest absolute Gasteiger partial charge is 0.414 e. The van der Waals surface area contributed by atoms with E-state index in [1.54, 1.807) is 6.26 Å². The normalized spacial score (nSPS) is 9.43. The number of nitrogens with one attached hydrogen (secondary N) is 1. The maximum absolute atomic E-state index is 9.10. The summed E-state index contributed by atoms with van der Waals surface area (Å²) in [6, 6.07) is 10.3. The number of aliphatic carboxylic acids is 2. The summed E-state index contributed by atoms with van der Waals surface area (Å²) in [6.45, 7) is 4.94.